The highest BCUT2D eigenvalue weighted by Crippen LogP contribution is 2.22. The predicted octanol–water partition coefficient (Wildman–Crippen LogP) is 0.465. The smallest absolute Gasteiger partial charge is 0.285 e. The van der Waals surface area contributed by atoms with Gasteiger partial charge in [-0.15, -0.1) is 0 Å². The molecule has 0 unspecified atom stereocenters. The molecule has 0 spiro atoms. The van der Waals surface area contributed by atoms with E-state index in [1.807, 2.05) is 0 Å². The van der Waals surface area contributed by atoms with Crippen molar-refractivity contribution < 1.29 is 18.1 Å². The minimum Gasteiger partial charge on any atom is -0.351 e. The number of amides is 1. The molecule has 0 radical (unpaired) electrons. The van der Waals surface area contributed by atoms with Gasteiger partial charge >= 0.3 is 0 Å². The lowest BCUT2D eigenvalue weighted by molar-refractivity contribution is -0.385. The van der Waals surface area contributed by atoms with E-state index >= 15 is 0 Å². The maximum atomic E-state index is 12.0. The number of hydrogen-bond acceptors (Lipinski definition) is 5. The van der Waals surface area contributed by atoms with E-state index < -0.39 is 21.0 Å². The number of aryl methyl sites for hydroxylation is 1. The van der Waals surface area contributed by atoms with Crippen molar-refractivity contribution in [2.24, 2.45) is 0 Å². The molecule has 23 heavy (non-hydrogen) atoms. The summed E-state index contributed by atoms with van der Waals surface area (Å²) in [6.45, 7) is 4.87. The molecule has 0 aliphatic rings. The zero-order valence-corrected chi connectivity index (χ0v) is 13.9. The first-order valence-corrected chi connectivity index (χ1v) is 8.41. The van der Waals surface area contributed by atoms with Gasteiger partial charge in [0.1, 0.15) is 5.56 Å². The van der Waals surface area contributed by atoms with Crippen LogP contribution in [-0.4, -0.2) is 38.4 Å². The average molecular weight is 344 g/mol. The van der Waals surface area contributed by atoms with Crippen LogP contribution in [0.2, 0.25) is 0 Å². The van der Waals surface area contributed by atoms with Crippen LogP contribution in [0.3, 0.4) is 0 Å². The van der Waals surface area contributed by atoms with Crippen LogP contribution in [0.25, 0.3) is 0 Å². The Kier molecular flexibility index (Phi) is 6.61. The molecule has 1 amide bonds. The van der Waals surface area contributed by atoms with Gasteiger partial charge in [-0.25, -0.2) is 4.72 Å². The molecular weight excluding hydrogens is 324 g/mol. The minimum absolute atomic E-state index is 0.00291. The first-order chi connectivity index (χ1) is 10.6. The monoisotopic (exact) mass is 344 g/mol. The van der Waals surface area contributed by atoms with Crippen LogP contribution in [0.4, 0.5) is 5.69 Å². The molecule has 0 fully saturated rings. The molecule has 0 aliphatic heterocycles. The zero-order valence-electron chi connectivity index (χ0n) is 13.1. The number of benzene rings is 1. The van der Waals surface area contributed by atoms with Crippen LogP contribution in [0, 0.1) is 17.0 Å². The third kappa shape index (κ3) is 5.93. The quantitative estimate of drug-likeness (QED) is 0.358. The maximum Gasteiger partial charge on any atom is 0.285 e. The third-order valence-electron chi connectivity index (χ3n) is 2.76. The fourth-order valence-electron chi connectivity index (χ4n) is 1.89. The van der Waals surface area contributed by atoms with Crippen LogP contribution < -0.4 is 14.8 Å². The average Bonchev–Trinajstić information content (AvgIpc) is 2.41. The number of carbonyl (C=O) groups is 1. The van der Waals surface area contributed by atoms with E-state index in [1.54, 1.807) is 32.9 Å². The van der Waals surface area contributed by atoms with Crippen molar-refractivity contribution in [2.45, 2.75) is 26.8 Å². The third-order valence-corrected chi connectivity index (χ3v) is 4.12. The van der Waals surface area contributed by atoms with Gasteiger partial charge in [0.05, 0.1) is 4.92 Å². The van der Waals surface area contributed by atoms with E-state index in [4.69, 9.17) is 0 Å². The lowest BCUT2D eigenvalue weighted by atomic mass is 10.1. The van der Waals surface area contributed by atoms with Gasteiger partial charge in [-0.2, -0.15) is 13.1 Å². The molecular formula is C13H20N4O5S. The van der Waals surface area contributed by atoms with Crippen LogP contribution >= 0.6 is 0 Å². The van der Waals surface area contributed by atoms with Gasteiger partial charge in [0.15, 0.2) is 0 Å². The molecule has 0 heterocycles. The molecule has 1 aromatic rings. The number of para-hydroxylation sites is 1. The molecule has 0 bridgehead atoms. The summed E-state index contributed by atoms with van der Waals surface area (Å²) in [6, 6.07) is 4.19. The fraction of sp³-hybridized carbons (Fsp3) is 0.462. The number of carbonyl (C=O) groups excluding carboxylic acids is 1. The number of hydrogen-bond donors (Lipinski definition) is 3. The Bertz CT molecular complexity index is 688. The largest absolute Gasteiger partial charge is 0.351 e. The highest BCUT2D eigenvalue weighted by Gasteiger charge is 2.22. The van der Waals surface area contributed by atoms with Crippen molar-refractivity contribution in [1.82, 2.24) is 14.8 Å². The first kappa shape index (κ1) is 19.0. The second kappa shape index (κ2) is 7.99. The topological polar surface area (TPSA) is 130 Å². The maximum absolute atomic E-state index is 12.0. The van der Waals surface area contributed by atoms with E-state index in [0.717, 1.165) is 0 Å². The fourth-order valence-corrected chi connectivity index (χ4v) is 2.97. The summed E-state index contributed by atoms with van der Waals surface area (Å²) >= 11 is 0. The number of nitrogens with one attached hydrogen (secondary N) is 3. The van der Waals surface area contributed by atoms with E-state index in [-0.39, 0.29) is 30.4 Å². The highest BCUT2D eigenvalue weighted by molar-refractivity contribution is 7.87. The summed E-state index contributed by atoms with van der Waals surface area (Å²) in [7, 11) is -3.63. The van der Waals surface area contributed by atoms with Crippen LogP contribution in [0.1, 0.15) is 29.8 Å². The van der Waals surface area contributed by atoms with Crippen molar-refractivity contribution >= 4 is 21.8 Å². The SMILES string of the molecule is Cc1cccc(C(=O)NCCNS(=O)(=O)NC(C)C)c1[N+](=O)[O-]. The Morgan fingerprint density at radius 2 is 1.96 bits per heavy atom. The molecule has 9 nitrogen and oxygen atoms in total. The van der Waals surface area contributed by atoms with Gasteiger partial charge in [0.2, 0.25) is 0 Å². The number of nitrogens with zero attached hydrogens (tertiary/aromatic N) is 1. The summed E-state index contributed by atoms with van der Waals surface area (Å²) in [6.07, 6.45) is 0. The van der Waals surface area contributed by atoms with E-state index in [9.17, 15) is 23.3 Å². The van der Waals surface area contributed by atoms with Crippen molar-refractivity contribution in [1.29, 1.82) is 0 Å². The molecule has 0 aliphatic carbocycles. The Morgan fingerprint density at radius 1 is 1.30 bits per heavy atom. The number of nitro groups is 1. The lowest BCUT2D eigenvalue weighted by Gasteiger charge is -2.11. The van der Waals surface area contributed by atoms with Gasteiger partial charge in [-0.3, -0.25) is 14.9 Å². The second-order valence-electron chi connectivity index (χ2n) is 5.15. The lowest BCUT2D eigenvalue weighted by Crippen LogP contribution is -2.43. The summed E-state index contributed by atoms with van der Waals surface area (Å²) in [5.41, 5.74) is 0.0645. The summed E-state index contributed by atoms with van der Waals surface area (Å²) in [5.74, 6) is -0.628. The van der Waals surface area contributed by atoms with E-state index in [0.29, 0.717) is 5.56 Å². The Morgan fingerprint density at radius 3 is 2.52 bits per heavy atom. The van der Waals surface area contributed by atoms with Crippen LogP contribution in [-0.2, 0) is 10.2 Å². The van der Waals surface area contributed by atoms with Gasteiger partial charge in [-0.1, -0.05) is 12.1 Å². The molecule has 1 aromatic carbocycles. The molecule has 0 saturated heterocycles. The standard InChI is InChI=1S/C13H20N4O5S/c1-9(2)16-23(21,22)15-8-7-14-13(18)11-6-4-5-10(3)12(11)17(19)20/h4-6,9,15-16H,7-8H2,1-3H3,(H,14,18). The van der Waals surface area contributed by atoms with Crippen LogP contribution in [0.15, 0.2) is 18.2 Å². The number of rotatable bonds is 8. The molecule has 0 aromatic heterocycles. The van der Waals surface area contributed by atoms with Crippen molar-refractivity contribution in [3.05, 3.63) is 39.4 Å². The Balaban J connectivity index is 2.62. The van der Waals surface area contributed by atoms with Gasteiger partial charge in [0, 0.05) is 24.7 Å². The first-order valence-electron chi connectivity index (χ1n) is 6.93. The van der Waals surface area contributed by atoms with Gasteiger partial charge < -0.3 is 5.32 Å². The second-order valence-corrected chi connectivity index (χ2v) is 6.69. The van der Waals surface area contributed by atoms with Crippen LogP contribution in [0.5, 0.6) is 0 Å². The molecule has 1 rings (SSSR count). The van der Waals surface area contributed by atoms with Gasteiger partial charge in [0.25, 0.3) is 21.8 Å². The predicted molar refractivity (Wildman–Crippen MR) is 85.4 cm³/mol. The van der Waals surface area contributed by atoms with Crippen molar-refractivity contribution in [3.63, 3.8) is 0 Å². The Labute approximate surface area is 134 Å². The summed E-state index contributed by atoms with van der Waals surface area (Å²) in [4.78, 5) is 22.4. The van der Waals surface area contributed by atoms with Gasteiger partial charge in [-0.05, 0) is 26.8 Å². The molecule has 0 saturated carbocycles. The summed E-state index contributed by atoms with van der Waals surface area (Å²) in [5, 5.41) is 13.5. The van der Waals surface area contributed by atoms with E-state index in [2.05, 4.69) is 14.8 Å². The van der Waals surface area contributed by atoms with Crippen molar-refractivity contribution in [3.8, 4) is 0 Å². The number of nitro benzene ring substituents is 1. The highest BCUT2D eigenvalue weighted by atomic mass is 32.2. The Hall–Kier alpha value is -2.04. The minimum atomic E-state index is -3.63. The normalized spacial score (nSPS) is 11.5. The van der Waals surface area contributed by atoms with Crippen molar-refractivity contribution in [2.75, 3.05) is 13.1 Å². The summed E-state index contributed by atoms with van der Waals surface area (Å²) < 4.78 is 27.6. The van der Waals surface area contributed by atoms with E-state index in [1.165, 1.54) is 6.07 Å². The zero-order chi connectivity index (χ0) is 17.6. The molecule has 0 atom stereocenters. The molecule has 3 N–H and O–H groups in total. The molecule has 10 heteroatoms. The molecule has 128 valence electrons.